The lowest BCUT2D eigenvalue weighted by molar-refractivity contribution is -0.117. The molecule has 0 spiro atoms. The number of nitrogens with one attached hydrogen (secondary N) is 1. The van der Waals surface area contributed by atoms with Crippen molar-refractivity contribution in [3.05, 3.63) is 35.4 Å². The average molecular weight is 218 g/mol. The highest BCUT2D eigenvalue weighted by Crippen LogP contribution is 2.39. The topological polar surface area (TPSA) is 55.1 Å². The Morgan fingerprint density at radius 1 is 1.31 bits per heavy atom. The van der Waals surface area contributed by atoms with E-state index in [2.05, 4.69) is 29.6 Å². The number of nitrogens with two attached hydrogens (primary N) is 1. The van der Waals surface area contributed by atoms with Gasteiger partial charge < -0.3 is 11.1 Å². The molecule has 1 aromatic carbocycles. The predicted octanol–water partition coefficient (Wildman–Crippen LogP) is 1.53. The molecule has 86 valence electrons. The lowest BCUT2D eigenvalue weighted by Crippen LogP contribution is -2.21. The Bertz CT molecular complexity index is 355. The molecule has 3 N–H and O–H groups in total. The molecule has 1 fully saturated rings. The Hall–Kier alpha value is -1.35. The maximum absolute atomic E-state index is 10.5. The highest BCUT2D eigenvalue weighted by molar-refractivity contribution is 5.73. The SMILES string of the molecule is NC(=O)CCNCc1ccc(C2CC2)cc1. The number of hydrogen-bond acceptors (Lipinski definition) is 2. The second kappa shape index (κ2) is 5.12. The summed E-state index contributed by atoms with van der Waals surface area (Å²) in [6, 6.07) is 8.74. The van der Waals surface area contributed by atoms with Gasteiger partial charge in [0.15, 0.2) is 0 Å². The third kappa shape index (κ3) is 3.35. The maximum Gasteiger partial charge on any atom is 0.218 e. The molecule has 0 bridgehead atoms. The van der Waals surface area contributed by atoms with Crippen LogP contribution in [0.2, 0.25) is 0 Å². The molecule has 1 amide bonds. The van der Waals surface area contributed by atoms with Crippen molar-refractivity contribution in [1.82, 2.24) is 5.32 Å². The number of benzene rings is 1. The molecule has 0 saturated heterocycles. The van der Waals surface area contributed by atoms with E-state index in [1.54, 1.807) is 0 Å². The van der Waals surface area contributed by atoms with Gasteiger partial charge in [-0.2, -0.15) is 0 Å². The van der Waals surface area contributed by atoms with Crippen LogP contribution < -0.4 is 11.1 Å². The number of carbonyl (C=O) groups excluding carboxylic acids is 1. The van der Waals surface area contributed by atoms with Gasteiger partial charge in [-0.05, 0) is 29.9 Å². The van der Waals surface area contributed by atoms with E-state index in [1.165, 1.54) is 24.0 Å². The molecule has 0 radical (unpaired) electrons. The van der Waals surface area contributed by atoms with Crippen molar-refractivity contribution in [3.63, 3.8) is 0 Å². The first-order chi connectivity index (χ1) is 7.75. The van der Waals surface area contributed by atoms with E-state index in [0.29, 0.717) is 13.0 Å². The van der Waals surface area contributed by atoms with Crippen LogP contribution in [0, 0.1) is 0 Å². The fourth-order valence-electron chi connectivity index (χ4n) is 1.77. The minimum atomic E-state index is -0.253. The molecule has 0 unspecified atom stereocenters. The fourth-order valence-corrected chi connectivity index (χ4v) is 1.77. The number of hydrogen-bond donors (Lipinski definition) is 2. The molecule has 1 aromatic rings. The lowest BCUT2D eigenvalue weighted by atomic mass is 10.1. The number of carbonyl (C=O) groups is 1. The summed E-state index contributed by atoms with van der Waals surface area (Å²) < 4.78 is 0. The summed E-state index contributed by atoms with van der Waals surface area (Å²) in [4.78, 5) is 10.5. The maximum atomic E-state index is 10.5. The fraction of sp³-hybridized carbons (Fsp3) is 0.462. The van der Waals surface area contributed by atoms with Crippen LogP contribution in [-0.4, -0.2) is 12.5 Å². The van der Waals surface area contributed by atoms with Crippen LogP contribution in [0.15, 0.2) is 24.3 Å². The zero-order chi connectivity index (χ0) is 11.4. The lowest BCUT2D eigenvalue weighted by Gasteiger charge is -2.04. The second-order valence-electron chi connectivity index (χ2n) is 4.41. The first kappa shape index (κ1) is 11.1. The van der Waals surface area contributed by atoms with Crippen molar-refractivity contribution in [1.29, 1.82) is 0 Å². The monoisotopic (exact) mass is 218 g/mol. The molecular formula is C13H18N2O. The van der Waals surface area contributed by atoms with Gasteiger partial charge in [0.05, 0.1) is 0 Å². The van der Waals surface area contributed by atoms with Gasteiger partial charge >= 0.3 is 0 Å². The quantitative estimate of drug-likeness (QED) is 0.711. The summed E-state index contributed by atoms with van der Waals surface area (Å²) in [6.07, 6.45) is 3.09. The summed E-state index contributed by atoms with van der Waals surface area (Å²) in [5.74, 6) is 0.563. The largest absolute Gasteiger partial charge is 0.370 e. The van der Waals surface area contributed by atoms with Crippen LogP contribution in [0.25, 0.3) is 0 Å². The van der Waals surface area contributed by atoms with Gasteiger partial charge in [-0.15, -0.1) is 0 Å². The van der Waals surface area contributed by atoms with Crippen LogP contribution in [0.4, 0.5) is 0 Å². The van der Waals surface area contributed by atoms with E-state index in [0.717, 1.165) is 12.5 Å². The summed E-state index contributed by atoms with van der Waals surface area (Å²) in [7, 11) is 0. The number of amides is 1. The van der Waals surface area contributed by atoms with E-state index in [4.69, 9.17) is 5.73 Å². The summed E-state index contributed by atoms with van der Waals surface area (Å²) >= 11 is 0. The van der Waals surface area contributed by atoms with E-state index < -0.39 is 0 Å². The molecule has 3 nitrogen and oxygen atoms in total. The van der Waals surface area contributed by atoms with E-state index in [1.807, 2.05) is 0 Å². The van der Waals surface area contributed by atoms with Gasteiger partial charge in [0, 0.05) is 19.5 Å². The van der Waals surface area contributed by atoms with Crippen LogP contribution >= 0.6 is 0 Å². The second-order valence-corrected chi connectivity index (χ2v) is 4.41. The molecule has 1 aliphatic carbocycles. The third-order valence-electron chi connectivity index (χ3n) is 2.91. The highest BCUT2D eigenvalue weighted by atomic mass is 16.1. The van der Waals surface area contributed by atoms with Crippen LogP contribution in [0.1, 0.15) is 36.3 Å². The van der Waals surface area contributed by atoms with Crippen LogP contribution in [0.5, 0.6) is 0 Å². The van der Waals surface area contributed by atoms with Gasteiger partial charge in [-0.3, -0.25) is 4.79 Å². The molecule has 1 saturated carbocycles. The van der Waals surface area contributed by atoms with Crippen molar-refractivity contribution in [2.45, 2.75) is 31.7 Å². The van der Waals surface area contributed by atoms with E-state index in [-0.39, 0.29) is 5.91 Å². The van der Waals surface area contributed by atoms with E-state index >= 15 is 0 Å². The molecule has 0 heterocycles. The van der Waals surface area contributed by atoms with Gasteiger partial charge in [0.25, 0.3) is 0 Å². The van der Waals surface area contributed by atoms with Crippen LogP contribution in [0.3, 0.4) is 0 Å². The Morgan fingerprint density at radius 2 is 2.00 bits per heavy atom. The van der Waals surface area contributed by atoms with Crippen molar-refractivity contribution in [2.24, 2.45) is 5.73 Å². The molecule has 0 aliphatic heterocycles. The zero-order valence-electron chi connectivity index (χ0n) is 9.41. The van der Waals surface area contributed by atoms with Gasteiger partial charge in [0.2, 0.25) is 5.91 Å². The molecule has 2 rings (SSSR count). The average Bonchev–Trinajstić information content (AvgIpc) is 3.09. The van der Waals surface area contributed by atoms with Gasteiger partial charge in [0.1, 0.15) is 0 Å². The summed E-state index contributed by atoms with van der Waals surface area (Å²) in [6.45, 7) is 1.46. The summed E-state index contributed by atoms with van der Waals surface area (Å²) in [5, 5.41) is 3.20. The minimum Gasteiger partial charge on any atom is -0.370 e. The third-order valence-corrected chi connectivity index (χ3v) is 2.91. The first-order valence-electron chi connectivity index (χ1n) is 5.83. The smallest absolute Gasteiger partial charge is 0.218 e. The molecular weight excluding hydrogens is 200 g/mol. The highest BCUT2D eigenvalue weighted by Gasteiger charge is 2.22. The Kier molecular flexibility index (Phi) is 3.57. The van der Waals surface area contributed by atoms with Crippen molar-refractivity contribution < 1.29 is 4.79 Å². The molecule has 16 heavy (non-hydrogen) atoms. The predicted molar refractivity (Wildman–Crippen MR) is 63.9 cm³/mol. The minimum absolute atomic E-state index is 0.253. The van der Waals surface area contributed by atoms with Gasteiger partial charge in [-0.25, -0.2) is 0 Å². The van der Waals surface area contributed by atoms with Crippen molar-refractivity contribution >= 4 is 5.91 Å². The molecule has 3 heteroatoms. The van der Waals surface area contributed by atoms with E-state index in [9.17, 15) is 4.79 Å². The molecule has 0 aromatic heterocycles. The number of rotatable bonds is 6. The van der Waals surface area contributed by atoms with Crippen molar-refractivity contribution in [2.75, 3.05) is 6.54 Å². The Balaban J connectivity index is 1.74. The standard InChI is InChI=1S/C13H18N2O/c14-13(16)7-8-15-9-10-1-3-11(4-2-10)12-5-6-12/h1-4,12,15H,5-9H2,(H2,14,16). The Morgan fingerprint density at radius 3 is 2.56 bits per heavy atom. The first-order valence-corrected chi connectivity index (χ1v) is 5.83. The molecule has 0 atom stereocenters. The number of primary amides is 1. The van der Waals surface area contributed by atoms with Crippen molar-refractivity contribution in [3.8, 4) is 0 Å². The van der Waals surface area contributed by atoms with Crippen LogP contribution in [-0.2, 0) is 11.3 Å². The summed E-state index contributed by atoms with van der Waals surface area (Å²) in [5.41, 5.74) is 7.77. The molecule has 1 aliphatic rings. The normalized spacial score (nSPS) is 15.0. The van der Waals surface area contributed by atoms with Gasteiger partial charge in [-0.1, -0.05) is 24.3 Å². The Labute approximate surface area is 96.0 Å². The zero-order valence-corrected chi connectivity index (χ0v) is 9.41.